The summed E-state index contributed by atoms with van der Waals surface area (Å²) in [4.78, 5) is 0. The van der Waals surface area contributed by atoms with Gasteiger partial charge < -0.3 is 5.11 Å². The van der Waals surface area contributed by atoms with Crippen LogP contribution in [0, 0.1) is 0 Å². The zero-order valence-corrected chi connectivity index (χ0v) is 22.0. The van der Waals surface area contributed by atoms with Gasteiger partial charge in [0.05, 0.1) is 0 Å². The molecule has 0 aliphatic rings. The Morgan fingerprint density at radius 1 is 0.467 bits per heavy atom. The van der Waals surface area contributed by atoms with E-state index in [9.17, 15) is 5.11 Å². The van der Waals surface area contributed by atoms with Crippen molar-refractivity contribution in [2.24, 2.45) is 0 Å². The minimum atomic E-state index is -0.827. The second-order valence-corrected chi connectivity index (χ2v) is 10.3. The molecule has 0 atom stereocenters. The van der Waals surface area contributed by atoms with Gasteiger partial charge in [-0.25, -0.2) is 0 Å². The first-order valence-corrected chi connectivity index (χ1v) is 12.4. The standard InChI is InChI=1S/C25H16Br4O/c26-19-11-17(15-7-3-1-4-8-15)12-20(27)23(19)25(30)24-21(28)13-18(14-22(24)29)16-9-5-2-6-10-16/h1-14,25,30H. The van der Waals surface area contributed by atoms with Crippen molar-refractivity contribution in [3.05, 3.63) is 114 Å². The third kappa shape index (κ3) is 4.51. The first-order valence-electron chi connectivity index (χ1n) is 9.22. The van der Waals surface area contributed by atoms with Gasteiger partial charge in [0.1, 0.15) is 6.10 Å². The summed E-state index contributed by atoms with van der Waals surface area (Å²) in [6.45, 7) is 0. The molecule has 0 unspecified atom stereocenters. The lowest BCUT2D eigenvalue weighted by Crippen LogP contribution is -2.05. The highest BCUT2D eigenvalue weighted by atomic mass is 79.9. The molecule has 0 spiro atoms. The van der Waals surface area contributed by atoms with Gasteiger partial charge in [0.2, 0.25) is 0 Å². The highest BCUT2D eigenvalue weighted by Gasteiger charge is 2.23. The lowest BCUT2D eigenvalue weighted by atomic mass is 9.96. The van der Waals surface area contributed by atoms with Crippen LogP contribution in [0.15, 0.2) is 103 Å². The number of benzene rings is 4. The van der Waals surface area contributed by atoms with Crippen molar-refractivity contribution >= 4 is 63.7 Å². The first-order chi connectivity index (χ1) is 14.5. The number of aliphatic hydroxyl groups excluding tert-OH is 1. The van der Waals surface area contributed by atoms with E-state index in [1.54, 1.807) is 0 Å². The average molecular weight is 652 g/mol. The second kappa shape index (κ2) is 9.49. The summed E-state index contributed by atoms with van der Waals surface area (Å²) in [5.74, 6) is 0. The van der Waals surface area contributed by atoms with E-state index in [0.717, 1.165) is 51.3 Å². The maximum Gasteiger partial charge on any atom is 0.108 e. The van der Waals surface area contributed by atoms with E-state index in [4.69, 9.17) is 0 Å². The monoisotopic (exact) mass is 648 g/mol. The maximum atomic E-state index is 11.3. The van der Waals surface area contributed by atoms with Crippen molar-refractivity contribution in [1.29, 1.82) is 0 Å². The van der Waals surface area contributed by atoms with Gasteiger partial charge in [-0.3, -0.25) is 0 Å². The molecule has 0 heterocycles. The smallest absolute Gasteiger partial charge is 0.108 e. The molecule has 0 radical (unpaired) electrons. The number of hydrogen-bond acceptors (Lipinski definition) is 1. The van der Waals surface area contributed by atoms with Crippen molar-refractivity contribution in [3.8, 4) is 22.3 Å². The minimum Gasteiger partial charge on any atom is -0.383 e. The molecule has 0 fully saturated rings. The number of rotatable bonds is 4. The Morgan fingerprint density at radius 3 is 1.07 bits per heavy atom. The molecule has 4 rings (SSSR count). The van der Waals surface area contributed by atoms with Gasteiger partial charge in [-0.1, -0.05) is 124 Å². The molecule has 0 aliphatic carbocycles. The van der Waals surface area contributed by atoms with E-state index in [2.05, 4.69) is 88.0 Å². The second-order valence-electron chi connectivity index (χ2n) is 6.84. The fourth-order valence-corrected chi connectivity index (χ4v) is 6.67. The number of aliphatic hydroxyl groups is 1. The Morgan fingerprint density at radius 2 is 0.767 bits per heavy atom. The van der Waals surface area contributed by atoms with E-state index in [-0.39, 0.29) is 0 Å². The van der Waals surface area contributed by atoms with Crippen LogP contribution in [0.2, 0.25) is 0 Å². The summed E-state index contributed by atoms with van der Waals surface area (Å²) in [5.41, 5.74) is 5.95. The van der Waals surface area contributed by atoms with E-state index in [1.165, 1.54) is 0 Å². The first kappa shape index (κ1) is 22.0. The largest absolute Gasteiger partial charge is 0.383 e. The molecular weight excluding hydrogens is 636 g/mol. The predicted molar refractivity (Wildman–Crippen MR) is 139 cm³/mol. The summed E-state index contributed by atoms with van der Waals surface area (Å²) in [5, 5.41) is 11.3. The van der Waals surface area contributed by atoms with Crippen molar-refractivity contribution in [1.82, 2.24) is 0 Å². The minimum absolute atomic E-state index is 0.781. The van der Waals surface area contributed by atoms with Crippen LogP contribution in [0.25, 0.3) is 22.3 Å². The van der Waals surface area contributed by atoms with E-state index >= 15 is 0 Å². The SMILES string of the molecule is OC(c1c(Br)cc(-c2ccccc2)cc1Br)c1c(Br)cc(-c2ccccc2)cc1Br. The summed E-state index contributed by atoms with van der Waals surface area (Å²) in [6, 6.07) is 28.5. The average Bonchev–Trinajstić information content (AvgIpc) is 2.74. The predicted octanol–water partition coefficient (Wildman–Crippen LogP) is 9.15. The molecule has 0 saturated carbocycles. The van der Waals surface area contributed by atoms with Gasteiger partial charge in [0.15, 0.2) is 0 Å². The molecule has 1 N–H and O–H groups in total. The van der Waals surface area contributed by atoms with E-state index < -0.39 is 6.10 Å². The van der Waals surface area contributed by atoms with Crippen LogP contribution >= 0.6 is 63.7 Å². The normalized spacial score (nSPS) is 11.1. The fourth-order valence-electron chi connectivity index (χ4n) is 3.43. The van der Waals surface area contributed by atoms with Crippen LogP contribution < -0.4 is 0 Å². The summed E-state index contributed by atoms with van der Waals surface area (Å²) >= 11 is 14.7. The van der Waals surface area contributed by atoms with E-state index in [0.29, 0.717) is 0 Å². The van der Waals surface area contributed by atoms with Gasteiger partial charge in [-0.2, -0.15) is 0 Å². The molecule has 0 bridgehead atoms. The Balaban J connectivity index is 1.75. The zero-order chi connectivity index (χ0) is 21.3. The van der Waals surface area contributed by atoms with Crippen LogP contribution in [-0.4, -0.2) is 5.11 Å². The summed E-state index contributed by atoms with van der Waals surface area (Å²) in [6.07, 6.45) is -0.827. The molecular formula is C25H16Br4O. The highest BCUT2D eigenvalue weighted by Crippen LogP contribution is 2.43. The molecule has 150 valence electrons. The van der Waals surface area contributed by atoms with Gasteiger partial charge in [0, 0.05) is 29.0 Å². The molecule has 30 heavy (non-hydrogen) atoms. The molecule has 1 nitrogen and oxygen atoms in total. The molecule has 0 aromatic heterocycles. The molecule has 0 aliphatic heterocycles. The number of hydrogen-bond donors (Lipinski definition) is 1. The summed E-state index contributed by atoms with van der Waals surface area (Å²) < 4.78 is 3.37. The van der Waals surface area contributed by atoms with Crippen LogP contribution in [0.4, 0.5) is 0 Å². The van der Waals surface area contributed by atoms with Crippen molar-refractivity contribution in [2.75, 3.05) is 0 Å². The molecule has 0 saturated heterocycles. The number of halogens is 4. The van der Waals surface area contributed by atoms with Crippen LogP contribution in [0.1, 0.15) is 17.2 Å². The fraction of sp³-hybridized carbons (Fsp3) is 0.0400. The molecule has 5 heteroatoms. The third-order valence-electron chi connectivity index (χ3n) is 4.92. The van der Waals surface area contributed by atoms with Crippen LogP contribution in [0.5, 0.6) is 0 Å². The topological polar surface area (TPSA) is 20.2 Å². The quantitative estimate of drug-likeness (QED) is 0.233. The van der Waals surface area contributed by atoms with Crippen molar-refractivity contribution in [3.63, 3.8) is 0 Å². The van der Waals surface area contributed by atoms with Crippen molar-refractivity contribution in [2.45, 2.75) is 6.10 Å². The van der Waals surface area contributed by atoms with Crippen LogP contribution in [0.3, 0.4) is 0 Å². The van der Waals surface area contributed by atoms with Crippen LogP contribution in [-0.2, 0) is 0 Å². The lowest BCUT2D eigenvalue weighted by Gasteiger charge is -2.20. The third-order valence-corrected chi connectivity index (χ3v) is 7.54. The van der Waals surface area contributed by atoms with Gasteiger partial charge in [0.25, 0.3) is 0 Å². The van der Waals surface area contributed by atoms with Gasteiger partial charge in [-0.05, 0) is 46.5 Å². The Bertz CT molecular complexity index is 1050. The Kier molecular flexibility index (Phi) is 6.95. The van der Waals surface area contributed by atoms with Gasteiger partial charge in [-0.15, -0.1) is 0 Å². The van der Waals surface area contributed by atoms with Crippen molar-refractivity contribution < 1.29 is 5.11 Å². The Hall–Kier alpha value is -1.24. The summed E-state index contributed by atoms with van der Waals surface area (Å²) in [7, 11) is 0. The van der Waals surface area contributed by atoms with Gasteiger partial charge >= 0.3 is 0 Å². The lowest BCUT2D eigenvalue weighted by molar-refractivity contribution is 0.217. The molecule has 4 aromatic rings. The maximum absolute atomic E-state index is 11.3. The highest BCUT2D eigenvalue weighted by molar-refractivity contribution is 9.11. The zero-order valence-electron chi connectivity index (χ0n) is 15.6. The Labute approximate surface area is 209 Å². The molecule has 4 aromatic carbocycles. The van der Waals surface area contributed by atoms with E-state index in [1.807, 2.05) is 60.7 Å². The molecule has 0 amide bonds.